The minimum Gasteiger partial charge on any atom is -0.391 e. The van der Waals surface area contributed by atoms with E-state index in [9.17, 15) is 28.8 Å². The lowest BCUT2D eigenvalue weighted by atomic mass is 10.1. The van der Waals surface area contributed by atoms with Crippen LogP contribution in [0, 0.1) is 21.7 Å². The minimum absolute atomic E-state index is 0.0386. The van der Waals surface area contributed by atoms with Crippen LogP contribution in [0.15, 0.2) is 12.1 Å². The third kappa shape index (κ3) is 2.53. The van der Waals surface area contributed by atoms with Gasteiger partial charge in [-0.3, -0.25) is 14.9 Å². The topological polar surface area (TPSA) is 83.7 Å². The Morgan fingerprint density at radius 2 is 2.11 bits per heavy atom. The second-order valence-electron chi connectivity index (χ2n) is 4.23. The molecular weight excluding hydrogens is 262 g/mol. The van der Waals surface area contributed by atoms with E-state index in [0.29, 0.717) is 18.6 Å². The standard InChI is InChI=1S/C11H10F2N2O4/c12-8-4-10(15(18)19)9(13)3-7(8)11(17)14-2-1-6(16)5-14/h3-4,6,16H,1-2,5H2/t6-/m0/s1. The number of β-amino-alcohol motifs (C(OH)–C–C–N with tert-alkyl or cyclic N) is 1. The summed E-state index contributed by atoms with van der Waals surface area (Å²) in [5.74, 6) is -3.21. The number of hydrogen-bond acceptors (Lipinski definition) is 4. The lowest BCUT2D eigenvalue weighted by Gasteiger charge is -2.15. The first kappa shape index (κ1) is 13.3. The Balaban J connectivity index is 2.33. The van der Waals surface area contributed by atoms with Crippen molar-refractivity contribution in [2.75, 3.05) is 13.1 Å². The maximum Gasteiger partial charge on any atom is 0.307 e. The summed E-state index contributed by atoms with van der Waals surface area (Å²) in [6.45, 7) is 0.273. The lowest BCUT2D eigenvalue weighted by molar-refractivity contribution is -0.387. The molecule has 1 saturated heterocycles. The van der Waals surface area contributed by atoms with Crippen molar-refractivity contribution in [2.24, 2.45) is 0 Å². The van der Waals surface area contributed by atoms with Gasteiger partial charge in [0.05, 0.1) is 22.7 Å². The van der Waals surface area contributed by atoms with Gasteiger partial charge in [-0.05, 0) is 12.5 Å². The van der Waals surface area contributed by atoms with E-state index in [0.717, 1.165) is 0 Å². The van der Waals surface area contributed by atoms with Crippen molar-refractivity contribution in [3.63, 3.8) is 0 Å². The number of aliphatic hydroxyl groups excluding tert-OH is 1. The first-order valence-corrected chi connectivity index (χ1v) is 5.51. The van der Waals surface area contributed by atoms with Crippen molar-refractivity contribution in [3.8, 4) is 0 Å². The van der Waals surface area contributed by atoms with Gasteiger partial charge in [-0.25, -0.2) is 4.39 Å². The molecule has 1 amide bonds. The third-order valence-electron chi connectivity index (χ3n) is 2.91. The molecule has 0 spiro atoms. The minimum atomic E-state index is -1.27. The molecule has 19 heavy (non-hydrogen) atoms. The van der Waals surface area contributed by atoms with Gasteiger partial charge in [0, 0.05) is 13.1 Å². The van der Waals surface area contributed by atoms with Gasteiger partial charge in [0.2, 0.25) is 5.82 Å². The Morgan fingerprint density at radius 1 is 1.42 bits per heavy atom. The molecule has 8 heteroatoms. The number of nitro benzene ring substituents is 1. The average molecular weight is 272 g/mol. The zero-order valence-electron chi connectivity index (χ0n) is 9.68. The van der Waals surface area contributed by atoms with Gasteiger partial charge in [0.25, 0.3) is 5.91 Å². The van der Waals surface area contributed by atoms with Crippen LogP contribution in [-0.2, 0) is 0 Å². The van der Waals surface area contributed by atoms with Gasteiger partial charge in [-0.1, -0.05) is 0 Å². The molecule has 0 radical (unpaired) electrons. The Bertz CT molecular complexity index is 550. The number of aliphatic hydroxyl groups is 1. The van der Waals surface area contributed by atoms with E-state index >= 15 is 0 Å². The first-order valence-electron chi connectivity index (χ1n) is 5.51. The number of amides is 1. The molecule has 2 rings (SSSR count). The van der Waals surface area contributed by atoms with Crippen molar-refractivity contribution < 1.29 is 23.6 Å². The van der Waals surface area contributed by atoms with E-state index < -0.39 is 39.8 Å². The van der Waals surface area contributed by atoms with Gasteiger partial charge < -0.3 is 10.0 Å². The van der Waals surface area contributed by atoms with E-state index in [2.05, 4.69) is 0 Å². The van der Waals surface area contributed by atoms with Crippen molar-refractivity contribution in [3.05, 3.63) is 39.4 Å². The summed E-state index contributed by atoms with van der Waals surface area (Å²) in [5, 5.41) is 19.7. The highest BCUT2D eigenvalue weighted by Gasteiger charge is 2.29. The van der Waals surface area contributed by atoms with Crippen LogP contribution >= 0.6 is 0 Å². The maximum atomic E-state index is 13.6. The van der Waals surface area contributed by atoms with Gasteiger partial charge >= 0.3 is 5.69 Å². The quantitative estimate of drug-likeness (QED) is 0.645. The molecule has 0 aliphatic carbocycles. The van der Waals surface area contributed by atoms with Crippen LogP contribution < -0.4 is 0 Å². The van der Waals surface area contributed by atoms with Crippen molar-refractivity contribution >= 4 is 11.6 Å². The molecule has 1 aromatic rings. The van der Waals surface area contributed by atoms with Crippen LogP contribution in [-0.4, -0.2) is 40.0 Å². The monoisotopic (exact) mass is 272 g/mol. The summed E-state index contributed by atoms with van der Waals surface area (Å²) < 4.78 is 27.0. The number of hydrogen-bond donors (Lipinski definition) is 1. The number of nitro groups is 1. The summed E-state index contributed by atoms with van der Waals surface area (Å²) in [5.41, 5.74) is -1.59. The van der Waals surface area contributed by atoms with Gasteiger partial charge in [-0.15, -0.1) is 0 Å². The Hall–Kier alpha value is -2.09. The summed E-state index contributed by atoms with van der Waals surface area (Å²) in [7, 11) is 0. The number of benzene rings is 1. The van der Waals surface area contributed by atoms with E-state index in [-0.39, 0.29) is 13.1 Å². The number of rotatable bonds is 2. The fraction of sp³-hybridized carbons (Fsp3) is 0.364. The van der Waals surface area contributed by atoms with E-state index in [1.54, 1.807) is 0 Å². The molecule has 1 aromatic carbocycles. The summed E-state index contributed by atoms with van der Waals surface area (Å²) in [4.78, 5) is 22.4. The summed E-state index contributed by atoms with van der Waals surface area (Å²) >= 11 is 0. The molecule has 0 saturated carbocycles. The van der Waals surface area contributed by atoms with Gasteiger partial charge in [-0.2, -0.15) is 4.39 Å². The molecule has 1 aliphatic rings. The molecule has 0 aromatic heterocycles. The highest BCUT2D eigenvalue weighted by molar-refractivity contribution is 5.95. The Labute approximate surface area is 106 Å². The fourth-order valence-corrected chi connectivity index (χ4v) is 1.94. The molecule has 1 aliphatic heterocycles. The predicted molar refractivity (Wildman–Crippen MR) is 59.5 cm³/mol. The number of carbonyl (C=O) groups excluding carboxylic acids is 1. The second kappa shape index (κ2) is 4.88. The van der Waals surface area contributed by atoms with Crippen molar-refractivity contribution in [1.82, 2.24) is 4.90 Å². The van der Waals surface area contributed by atoms with Crippen LogP contribution in [0.3, 0.4) is 0 Å². The van der Waals surface area contributed by atoms with E-state index in [4.69, 9.17) is 0 Å². The third-order valence-corrected chi connectivity index (χ3v) is 2.91. The normalized spacial score (nSPS) is 18.7. The second-order valence-corrected chi connectivity index (χ2v) is 4.23. The van der Waals surface area contributed by atoms with Crippen LogP contribution in [0.2, 0.25) is 0 Å². The number of carbonyl (C=O) groups is 1. The highest BCUT2D eigenvalue weighted by atomic mass is 19.1. The van der Waals surface area contributed by atoms with Crippen LogP contribution in [0.25, 0.3) is 0 Å². The average Bonchev–Trinajstić information content (AvgIpc) is 2.77. The molecule has 0 bridgehead atoms. The highest BCUT2D eigenvalue weighted by Crippen LogP contribution is 2.23. The zero-order valence-corrected chi connectivity index (χ0v) is 9.68. The molecular formula is C11H10F2N2O4. The number of likely N-dealkylation sites (tertiary alicyclic amines) is 1. The lowest BCUT2D eigenvalue weighted by Crippen LogP contribution is -2.30. The van der Waals surface area contributed by atoms with Crippen LogP contribution in [0.5, 0.6) is 0 Å². The van der Waals surface area contributed by atoms with E-state index in [1.807, 2.05) is 0 Å². The SMILES string of the molecule is O=C(c1cc(F)c([N+](=O)[O-])cc1F)N1CC[C@H](O)C1. The maximum absolute atomic E-state index is 13.6. The summed E-state index contributed by atoms with van der Waals surface area (Å²) in [6.07, 6.45) is -0.321. The first-order chi connectivity index (χ1) is 8.90. The molecule has 1 atom stereocenters. The molecule has 1 N–H and O–H groups in total. The molecule has 1 heterocycles. The predicted octanol–water partition coefficient (Wildman–Crippen LogP) is 1.08. The number of nitrogens with zero attached hydrogens (tertiary/aromatic N) is 2. The Kier molecular flexibility index (Phi) is 3.43. The van der Waals surface area contributed by atoms with Crippen LogP contribution in [0.1, 0.15) is 16.8 Å². The van der Waals surface area contributed by atoms with Crippen LogP contribution in [0.4, 0.5) is 14.5 Å². The largest absolute Gasteiger partial charge is 0.391 e. The molecule has 102 valence electrons. The summed E-state index contributed by atoms with van der Waals surface area (Å²) in [6, 6.07) is 0.898. The molecule has 1 fully saturated rings. The Morgan fingerprint density at radius 3 is 2.63 bits per heavy atom. The molecule has 0 unspecified atom stereocenters. The molecule has 6 nitrogen and oxygen atoms in total. The fourth-order valence-electron chi connectivity index (χ4n) is 1.94. The smallest absolute Gasteiger partial charge is 0.307 e. The van der Waals surface area contributed by atoms with Gasteiger partial charge in [0.15, 0.2) is 0 Å². The van der Waals surface area contributed by atoms with Gasteiger partial charge in [0.1, 0.15) is 5.82 Å². The number of halogens is 2. The van der Waals surface area contributed by atoms with Crippen molar-refractivity contribution in [2.45, 2.75) is 12.5 Å². The zero-order chi connectivity index (χ0) is 14.2. The van der Waals surface area contributed by atoms with Crippen molar-refractivity contribution in [1.29, 1.82) is 0 Å². The van der Waals surface area contributed by atoms with E-state index in [1.165, 1.54) is 4.90 Å².